The van der Waals surface area contributed by atoms with Crippen molar-refractivity contribution in [1.29, 1.82) is 0 Å². The summed E-state index contributed by atoms with van der Waals surface area (Å²) in [5.41, 5.74) is 2.63. The van der Waals surface area contributed by atoms with Crippen molar-refractivity contribution in [3.63, 3.8) is 0 Å². The first-order valence-electron chi connectivity index (χ1n) is 11.3. The number of nitrogens with zero attached hydrogens (tertiary/aromatic N) is 2. The number of aromatic amines is 1. The lowest BCUT2D eigenvalue weighted by Gasteiger charge is -2.44. The Kier molecular flexibility index (Phi) is 6.50. The molecule has 4 nitrogen and oxygen atoms in total. The van der Waals surface area contributed by atoms with Gasteiger partial charge in [-0.1, -0.05) is 62.2 Å². The average Bonchev–Trinajstić information content (AvgIpc) is 3.28. The SMILES string of the molecule is CCCC[C@@H]1[C@@H](c2ccccc2)CCN(C(=O)c2cc(-c3ccccc3F)n[nH]2)[C@@H]1C. The van der Waals surface area contributed by atoms with Gasteiger partial charge in [-0.05, 0) is 55.4 Å². The maximum absolute atomic E-state index is 14.1. The van der Waals surface area contributed by atoms with Crippen LogP contribution in [0, 0.1) is 11.7 Å². The lowest BCUT2D eigenvalue weighted by molar-refractivity contribution is 0.0459. The van der Waals surface area contributed by atoms with Gasteiger partial charge in [0.2, 0.25) is 0 Å². The Labute approximate surface area is 183 Å². The van der Waals surface area contributed by atoms with Crippen LogP contribution in [0.15, 0.2) is 60.7 Å². The highest BCUT2D eigenvalue weighted by atomic mass is 19.1. The summed E-state index contributed by atoms with van der Waals surface area (Å²) in [6.07, 6.45) is 4.35. The molecule has 31 heavy (non-hydrogen) atoms. The molecule has 0 unspecified atom stereocenters. The number of hydrogen-bond acceptors (Lipinski definition) is 2. The number of hydrogen-bond donors (Lipinski definition) is 1. The van der Waals surface area contributed by atoms with Gasteiger partial charge in [0.1, 0.15) is 11.5 Å². The molecule has 3 atom stereocenters. The minimum Gasteiger partial charge on any atom is -0.334 e. The van der Waals surface area contributed by atoms with Crippen LogP contribution >= 0.6 is 0 Å². The van der Waals surface area contributed by atoms with Crippen LogP contribution in [0.3, 0.4) is 0 Å². The number of halogens is 1. The van der Waals surface area contributed by atoms with Crippen LogP contribution in [0.25, 0.3) is 11.3 Å². The first kappa shape index (κ1) is 21.3. The highest BCUT2D eigenvalue weighted by Gasteiger charge is 2.38. The van der Waals surface area contributed by atoms with E-state index < -0.39 is 0 Å². The van der Waals surface area contributed by atoms with Gasteiger partial charge in [0.25, 0.3) is 5.91 Å². The van der Waals surface area contributed by atoms with Crippen LogP contribution in [0.4, 0.5) is 4.39 Å². The third kappa shape index (κ3) is 4.41. The van der Waals surface area contributed by atoms with Gasteiger partial charge in [-0.3, -0.25) is 9.89 Å². The Morgan fingerprint density at radius 2 is 1.90 bits per heavy atom. The minimum absolute atomic E-state index is 0.0596. The van der Waals surface area contributed by atoms with Gasteiger partial charge in [-0.2, -0.15) is 5.10 Å². The first-order valence-corrected chi connectivity index (χ1v) is 11.3. The number of carbonyl (C=O) groups is 1. The quantitative estimate of drug-likeness (QED) is 0.529. The Bertz CT molecular complexity index is 1020. The fourth-order valence-electron chi connectivity index (χ4n) is 4.94. The van der Waals surface area contributed by atoms with Gasteiger partial charge in [0.15, 0.2) is 0 Å². The third-order valence-electron chi connectivity index (χ3n) is 6.65. The zero-order chi connectivity index (χ0) is 21.8. The number of H-pyrrole nitrogens is 1. The molecule has 0 radical (unpaired) electrons. The molecular formula is C26H30FN3O. The molecule has 4 rings (SSSR count). The standard InChI is InChI=1S/C26H30FN3O/c1-3-4-12-20-18(2)30(16-15-21(20)19-10-6-5-7-11-19)26(31)25-17-24(28-29-25)22-13-8-9-14-23(22)27/h5-11,13-14,17-18,20-21H,3-4,12,15-16H2,1-2H3,(H,28,29)/t18-,20+,21-/m1/s1. The summed E-state index contributed by atoms with van der Waals surface area (Å²) in [5.74, 6) is 0.469. The van der Waals surface area contributed by atoms with Crippen LogP contribution in [-0.2, 0) is 0 Å². The summed E-state index contributed by atoms with van der Waals surface area (Å²) in [7, 11) is 0. The molecule has 3 aromatic rings. The molecule has 1 N–H and O–H groups in total. The summed E-state index contributed by atoms with van der Waals surface area (Å²) < 4.78 is 14.1. The van der Waals surface area contributed by atoms with Crippen molar-refractivity contribution in [3.8, 4) is 11.3 Å². The number of benzene rings is 2. The Hall–Kier alpha value is -2.95. The lowest BCUT2D eigenvalue weighted by Crippen LogP contribution is -2.49. The molecule has 5 heteroatoms. The number of likely N-dealkylation sites (tertiary alicyclic amines) is 1. The van der Waals surface area contributed by atoms with E-state index in [4.69, 9.17) is 0 Å². The van der Waals surface area contributed by atoms with Crippen molar-refractivity contribution in [1.82, 2.24) is 15.1 Å². The van der Waals surface area contributed by atoms with E-state index in [2.05, 4.69) is 54.4 Å². The maximum Gasteiger partial charge on any atom is 0.272 e. The summed E-state index contributed by atoms with van der Waals surface area (Å²) in [6.45, 7) is 5.08. The second-order valence-corrected chi connectivity index (χ2v) is 8.50. The van der Waals surface area contributed by atoms with Crippen LogP contribution in [0.2, 0.25) is 0 Å². The number of aromatic nitrogens is 2. The van der Waals surface area contributed by atoms with E-state index in [0.29, 0.717) is 35.3 Å². The van der Waals surface area contributed by atoms with Gasteiger partial charge in [0, 0.05) is 18.2 Å². The second kappa shape index (κ2) is 9.46. The Morgan fingerprint density at radius 3 is 2.65 bits per heavy atom. The third-order valence-corrected chi connectivity index (χ3v) is 6.65. The van der Waals surface area contributed by atoms with Crippen LogP contribution in [0.1, 0.15) is 61.5 Å². The van der Waals surface area contributed by atoms with Crippen molar-refractivity contribution in [2.45, 2.75) is 51.5 Å². The molecule has 0 aliphatic carbocycles. The predicted molar refractivity (Wildman–Crippen MR) is 121 cm³/mol. The topological polar surface area (TPSA) is 49.0 Å². The van der Waals surface area contributed by atoms with Gasteiger partial charge in [0.05, 0.1) is 5.69 Å². The van der Waals surface area contributed by atoms with Crippen molar-refractivity contribution >= 4 is 5.91 Å². The van der Waals surface area contributed by atoms with Crippen LogP contribution in [0.5, 0.6) is 0 Å². The molecular weight excluding hydrogens is 389 g/mol. The molecule has 0 spiro atoms. The van der Waals surface area contributed by atoms with E-state index >= 15 is 0 Å². The van der Waals surface area contributed by atoms with E-state index in [1.807, 2.05) is 4.90 Å². The highest BCUT2D eigenvalue weighted by molar-refractivity contribution is 5.93. The van der Waals surface area contributed by atoms with Crippen LogP contribution < -0.4 is 0 Å². The van der Waals surface area contributed by atoms with Gasteiger partial charge in [-0.15, -0.1) is 0 Å². The van der Waals surface area contributed by atoms with E-state index in [1.165, 1.54) is 11.6 Å². The van der Waals surface area contributed by atoms with E-state index in [-0.39, 0.29) is 17.8 Å². The van der Waals surface area contributed by atoms with E-state index in [0.717, 1.165) is 25.7 Å². The van der Waals surface area contributed by atoms with Crippen molar-refractivity contribution < 1.29 is 9.18 Å². The van der Waals surface area contributed by atoms with Crippen molar-refractivity contribution in [2.24, 2.45) is 5.92 Å². The van der Waals surface area contributed by atoms with Gasteiger partial charge >= 0.3 is 0 Å². The molecule has 0 saturated carbocycles. The van der Waals surface area contributed by atoms with E-state index in [9.17, 15) is 9.18 Å². The number of nitrogens with one attached hydrogen (secondary N) is 1. The number of rotatable bonds is 6. The summed E-state index contributed by atoms with van der Waals surface area (Å²) >= 11 is 0. The van der Waals surface area contributed by atoms with Gasteiger partial charge in [-0.25, -0.2) is 4.39 Å². The summed E-state index contributed by atoms with van der Waals surface area (Å²) in [4.78, 5) is 15.3. The number of amides is 1. The summed E-state index contributed by atoms with van der Waals surface area (Å²) in [6, 6.07) is 19.0. The van der Waals surface area contributed by atoms with Gasteiger partial charge < -0.3 is 4.90 Å². The Balaban J connectivity index is 1.56. The van der Waals surface area contributed by atoms with Crippen LogP contribution in [-0.4, -0.2) is 33.6 Å². The van der Waals surface area contributed by atoms with E-state index in [1.54, 1.807) is 24.3 Å². The number of carbonyl (C=O) groups excluding carboxylic acids is 1. The van der Waals surface area contributed by atoms with Crippen molar-refractivity contribution in [3.05, 3.63) is 77.7 Å². The molecule has 162 valence electrons. The molecule has 2 aromatic carbocycles. The number of piperidine rings is 1. The molecule has 2 heterocycles. The fraction of sp³-hybridized carbons (Fsp3) is 0.385. The molecule has 1 aliphatic rings. The fourth-order valence-corrected chi connectivity index (χ4v) is 4.94. The lowest BCUT2D eigenvalue weighted by atomic mass is 9.74. The van der Waals surface area contributed by atoms with Crippen molar-refractivity contribution in [2.75, 3.05) is 6.54 Å². The second-order valence-electron chi connectivity index (χ2n) is 8.50. The average molecular weight is 420 g/mol. The molecule has 1 saturated heterocycles. The minimum atomic E-state index is -0.343. The summed E-state index contributed by atoms with van der Waals surface area (Å²) in [5, 5.41) is 7.05. The zero-order valence-electron chi connectivity index (χ0n) is 18.2. The zero-order valence-corrected chi connectivity index (χ0v) is 18.2. The normalized spacial score (nSPS) is 21.3. The first-order chi connectivity index (χ1) is 15.1. The number of unbranched alkanes of at least 4 members (excludes halogenated alkanes) is 1. The molecule has 1 aliphatic heterocycles. The monoisotopic (exact) mass is 419 g/mol. The molecule has 0 bridgehead atoms. The highest BCUT2D eigenvalue weighted by Crippen LogP contribution is 2.40. The predicted octanol–water partition coefficient (Wildman–Crippen LogP) is 6.04. The Morgan fingerprint density at radius 1 is 1.16 bits per heavy atom. The molecule has 1 amide bonds. The maximum atomic E-state index is 14.1. The molecule has 1 aromatic heterocycles. The largest absolute Gasteiger partial charge is 0.334 e. The smallest absolute Gasteiger partial charge is 0.272 e. The molecule has 1 fully saturated rings.